The molecule has 1 heteroatoms. The topological polar surface area (TPSA) is 12.0 Å². The van der Waals surface area contributed by atoms with Crippen LogP contribution < -0.4 is 5.32 Å². The van der Waals surface area contributed by atoms with Gasteiger partial charge in [0.2, 0.25) is 0 Å². The smallest absolute Gasteiger partial charge is 0.00724 e. The van der Waals surface area contributed by atoms with Crippen molar-refractivity contribution in [3.63, 3.8) is 0 Å². The molecule has 17 heavy (non-hydrogen) atoms. The largest absolute Gasteiger partial charge is 0.311 e. The van der Waals surface area contributed by atoms with Gasteiger partial charge < -0.3 is 5.32 Å². The highest BCUT2D eigenvalue weighted by atomic mass is 15.0. The average Bonchev–Trinajstić information content (AvgIpc) is 2.40. The van der Waals surface area contributed by atoms with Crippen LogP contribution in [-0.2, 0) is 0 Å². The van der Waals surface area contributed by atoms with Crippen LogP contribution in [0.3, 0.4) is 0 Å². The van der Waals surface area contributed by atoms with Crippen LogP contribution in [0.25, 0.3) is 0 Å². The summed E-state index contributed by atoms with van der Waals surface area (Å²) < 4.78 is 0. The van der Waals surface area contributed by atoms with Crippen molar-refractivity contribution in [3.8, 4) is 0 Å². The highest BCUT2D eigenvalue weighted by molar-refractivity contribution is 4.88. The first kappa shape index (κ1) is 12.0. The van der Waals surface area contributed by atoms with Gasteiger partial charge in [-0.25, -0.2) is 0 Å². The molecule has 3 fully saturated rings. The van der Waals surface area contributed by atoms with Gasteiger partial charge in [0.1, 0.15) is 0 Å². The minimum Gasteiger partial charge on any atom is -0.311 e. The predicted octanol–water partition coefficient (Wildman–Crippen LogP) is 4.27. The monoisotopic (exact) mass is 235 g/mol. The summed E-state index contributed by atoms with van der Waals surface area (Å²) in [5.41, 5.74) is 0. The second kappa shape index (κ2) is 5.73. The SMILES string of the molecule is C1CCC(NC2CCC3CCCCC3C2)CC1. The average molecular weight is 235 g/mol. The molecule has 3 atom stereocenters. The van der Waals surface area contributed by atoms with Crippen LogP contribution in [-0.4, -0.2) is 12.1 Å². The van der Waals surface area contributed by atoms with Crippen LogP contribution in [0.4, 0.5) is 0 Å². The van der Waals surface area contributed by atoms with Gasteiger partial charge in [-0.15, -0.1) is 0 Å². The molecule has 3 aliphatic carbocycles. The molecule has 0 heterocycles. The van der Waals surface area contributed by atoms with Crippen molar-refractivity contribution in [1.82, 2.24) is 5.32 Å². The first-order valence-corrected chi connectivity index (χ1v) is 8.18. The Labute approximate surface area is 107 Å². The molecular formula is C16H29N. The normalized spacial score (nSPS) is 39.9. The van der Waals surface area contributed by atoms with Crippen LogP contribution in [0.1, 0.15) is 77.0 Å². The molecule has 0 aliphatic heterocycles. The summed E-state index contributed by atoms with van der Waals surface area (Å²) in [6.45, 7) is 0. The summed E-state index contributed by atoms with van der Waals surface area (Å²) in [5, 5.41) is 3.99. The van der Waals surface area contributed by atoms with Crippen LogP contribution in [0.2, 0.25) is 0 Å². The summed E-state index contributed by atoms with van der Waals surface area (Å²) in [6, 6.07) is 1.74. The highest BCUT2D eigenvalue weighted by Crippen LogP contribution is 2.40. The summed E-state index contributed by atoms with van der Waals surface area (Å²) >= 11 is 0. The second-order valence-corrected chi connectivity index (χ2v) is 6.82. The number of nitrogens with one attached hydrogen (secondary N) is 1. The Morgan fingerprint density at radius 3 is 2.06 bits per heavy atom. The zero-order valence-electron chi connectivity index (χ0n) is 11.3. The van der Waals surface area contributed by atoms with E-state index >= 15 is 0 Å². The molecule has 1 N–H and O–H groups in total. The molecule has 0 aromatic rings. The third kappa shape index (κ3) is 3.05. The molecule has 0 radical (unpaired) electrons. The van der Waals surface area contributed by atoms with Gasteiger partial charge >= 0.3 is 0 Å². The number of rotatable bonds is 2. The molecule has 1 nitrogen and oxygen atoms in total. The van der Waals surface area contributed by atoms with Gasteiger partial charge in [0.25, 0.3) is 0 Å². The lowest BCUT2D eigenvalue weighted by Gasteiger charge is -2.41. The Morgan fingerprint density at radius 1 is 0.529 bits per heavy atom. The maximum atomic E-state index is 3.99. The number of fused-ring (bicyclic) bond motifs is 1. The van der Waals surface area contributed by atoms with E-state index in [4.69, 9.17) is 0 Å². The van der Waals surface area contributed by atoms with E-state index in [0.29, 0.717) is 0 Å². The molecule has 3 saturated carbocycles. The summed E-state index contributed by atoms with van der Waals surface area (Å²) in [6.07, 6.45) is 17.9. The lowest BCUT2D eigenvalue weighted by atomic mass is 9.69. The fourth-order valence-corrected chi connectivity index (χ4v) is 4.63. The Kier molecular flexibility index (Phi) is 4.05. The van der Waals surface area contributed by atoms with Crippen molar-refractivity contribution in [2.45, 2.75) is 89.1 Å². The van der Waals surface area contributed by atoms with Gasteiger partial charge in [-0.05, 0) is 43.9 Å². The second-order valence-electron chi connectivity index (χ2n) is 6.82. The third-order valence-corrected chi connectivity index (χ3v) is 5.62. The van der Waals surface area contributed by atoms with E-state index in [2.05, 4.69) is 5.32 Å². The molecule has 3 aliphatic rings. The summed E-state index contributed by atoms with van der Waals surface area (Å²) in [4.78, 5) is 0. The molecule has 3 rings (SSSR count). The van der Waals surface area contributed by atoms with Crippen molar-refractivity contribution < 1.29 is 0 Å². The van der Waals surface area contributed by atoms with Crippen molar-refractivity contribution in [2.75, 3.05) is 0 Å². The Morgan fingerprint density at radius 2 is 1.24 bits per heavy atom. The minimum absolute atomic E-state index is 0.869. The van der Waals surface area contributed by atoms with E-state index in [1.807, 2.05) is 0 Å². The van der Waals surface area contributed by atoms with E-state index < -0.39 is 0 Å². The van der Waals surface area contributed by atoms with Gasteiger partial charge in [0.05, 0.1) is 0 Å². The van der Waals surface area contributed by atoms with E-state index in [9.17, 15) is 0 Å². The van der Waals surface area contributed by atoms with Crippen molar-refractivity contribution in [2.24, 2.45) is 11.8 Å². The molecule has 3 unspecified atom stereocenters. The van der Waals surface area contributed by atoms with E-state index in [0.717, 1.165) is 23.9 Å². The maximum absolute atomic E-state index is 3.99. The number of hydrogen-bond acceptors (Lipinski definition) is 1. The van der Waals surface area contributed by atoms with Gasteiger partial charge in [0.15, 0.2) is 0 Å². The highest BCUT2D eigenvalue weighted by Gasteiger charge is 2.32. The molecule has 0 saturated heterocycles. The van der Waals surface area contributed by atoms with Crippen molar-refractivity contribution in [1.29, 1.82) is 0 Å². The van der Waals surface area contributed by atoms with Crippen LogP contribution >= 0.6 is 0 Å². The van der Waals surface area contributed by atoms with Gasteiger partial charge in [-0.1, -0.05) is 44.9 Å². The van der Waals surface area contributed by atoms with Crippen molar-refractivity contribution in [3.05, 3.63) is 0 Å². The zero-order valence-corrected chi connectivity index (χ0v) is 11.3. The van der Waals surface area contributed by atoms with E-state index in [1.54, 1.807) is 6.42 Å². The zero-order chi connectivity index (χ0) is 11.5. The third-order valence-electron chi connectivity index (χ3n) is 5.62. The van der Waals surface area contributed by atoms with Crippen LogP contribution in [0, 0.1) is 11.8 Å². The predicted molar refractivity (Wildman–Crippen MR) is 73.1 cm³/mol. The van der Waals surface area contributed by atoms with Crippen LogP contribution in [0.15, 0.2) is 0 Å². The molecular weight excluding hydrogens is 206 g/mol. The maximum Gasteiger partial charge on any atom is 0.00724 e. The van der Waals surface area contributed by atoms with Gasteiger partial charge in [0, 0.05) is 12.1 Å². The quantitative estimate of drug-likeness (QED) is 0.754. The fraction of sp³-hybridized carbons (Fsp3) is 1.00. The Balaban J connectivity index is 1.48. The Hall–Kier alpha value is -0.0400. The lowest BCUT2D eigenvalue weighted by Crippen LogP contribution is -2.44. The molecule has 0 spiro atoms. The Bertz CT molecular complexity index is 230. The van der Waals surface area contributed by atoms with Gasteiger partial charge in [-0.3, -0.25) is 0 Å². The van der Waals surface area contributed by atoms with E-state index in [1.165, 1.54) is 70.6 Å². The lowest BCUT2D eigenvalue weighted by molar-refractivity contribution is 0.134. The minimum atomic E-state index is 0.869. The summed E-state index contributed by atoms with van der Waals surface area (Å²) in [5.74, 6) is 2.19. The van der Waals surface area contributed by atoms with Crippen molar-refractivity contribution >= 4 is 0 Å². The first-order chi connectivity index (χ1) is 8.42. The van der Waals surface area contributed by atoms with Crippen LogP contribution in [0.5, 0.6) is 0 Å². The van der Waals surface area contributed by atoms with Gasteiger partial charge in [-0.2, -0.15) is 0 Å². The fourth-order valence-electron chi connectivity index (χ4n) is 4.63. The molecule has 0 aromatic heterocycles. The molecule has 0 amide bonds. The summed E-state index contributed by atoms with van der Waals surface area (Å²) in [7, 11) is 0. The van der Waals surface area contributed by atoms with E-state index in [-0.39, 0.29) is 0 Å². The number of hydrogen-bond donors (Lipinski definition) is 1. The molecule has 98 valence electrons. The molecule has 0 aromatic carbocycles. The standard InChI is InChI=1S/C16H29N/c1-2-8-15(9-3-1)17-16-11-10-13-6-4-5-7-14(13)12-16/h13-17H,1-12H2. The first-order valence-electron chi connectivity index (χ1n) is 8.18. The molecule has 0 bridgehead atoms.